The summed E-state index contributed by atoms with van der Waals surface area (Å²) in [6.45, 7) is 39.2. The average molecular weight is 537 g/mol. The summed E-state index contributed by atoms with van der Waals surface area (Å²) in [4.78, 5) is 0. The van der Waals surface area contributed by atoms with Crippen molar-refractivity contribution in [2.75, 3.05) is 6.61 Å². The van der Waals surface area contributed by atoms with E-state index in [0.29, 0.717) is 13.0 Å². The van der Waals surface area contributed by atoms with Crippen LogP contribution in [0.1, 0.15) is 143 Å². The van der Waals surface area contributed by atoms with Crippen LogP contribution in [0.3, 0.4) is 0 Å². The second-order valence-corrected chi connectivity index (χ2v) is 16.2. The van der Waals surface area contributed by atoms with E-state index in [1.54, 1.807) is 0 Å². The van der Waals surface area contributed by atoms with E-state index in [2.05, 4.69) is 142 Å². The predicted molar refractivity (Wildman–Crippen MR) is 171 cm³/mol. The molecule has 0 N–H and O–H groups in total. The van der Waals surface area contributed by atoms with Gasteiger partial charge in [-0.1, -0.05) is 115 Å². The number of aryl methyl sites for hydroxylation is 2. The van der Waals surface area contributed by atoms with E-state index in [1.807, 2.05) is 0 Å². The first-order valence-corrected chi connectivity index (χ1v) is 15.1. The molecule has 2 aromatic carbocycles. The lowest BCUT2D eigenvalue weighted by Crippen LogP contribution is -2.47. The topological polar surface area (TPSA) is 18.5 Å². The van der Waals surface area contributed by atoms with Crippen molar-refractivity contribution in [1.29, 1.82) is 0 Å². The standard InChI is InChI=1S/C37H60O2/c1-18-38-37(24(2)3,23-27-19-25(4)28(33(6,7)8)21-30(27)35(12,13)14)39-32-20-26(5)29(34(9,10)11)22-31(32)36(15,16)17/h19-22,24H,18,23H2,1-17H3. The summed E-state index contributed by atoms with van der Waals surface area (Å²) < 4.78 is 13.9. The molecule has 0 bridgehead atoms. The van der Waals surface area contributed by atoms with Crippen LogP contribution < -0.4 is 4.74 Å². The second kappa shape index (κ2) is 11.2. The number of rotatable bonds is 7. The van der Waals surface area contributed by atoms with Crippen molar-refractivity contribution < 1.29 is 9.47 Å². The van der Waals surface area contributed by atoms with Crippen LogP contribution in [0.5, 0.6) is 5.75 Å². The van der Waals surface area contributed by atoms with E-state index in [4.69, 9.17) is 9.47 Å². The Bertz CT molecular complexity index is 1050. The first-order valence-electron chi connectivity index (χ1n) is 15.1. The molecule has 0 amide bonds. The smallest absolute Gasteiger partial charge is 0.216 e. The first kappa shape index (κ1) is 33.4. The van der Waals surface area contributed by atoms with Crippen LogP contribution in [0, 0.1) is 19.8 Å². The summed E-state index contributed by atoms with van der Waals surface area (Å²) in [7, 11) is 0. The van der Waals surface area contributed by atoms with Gasteiger partial charge >= 0.3 is 0 Å². The Labute approximate surface area is 242 Å². The Balaban J connectivity index is 2.82. The van der Waals surface area contributed by atoms with Gasteiger partial charge in [0.05, 0.1) is 0 Å². The third-order valence-corrected chi connectivity index (χ3v) is 8.00. The van der Waals surface area contributed by atoms with E-state index < -0.39 is 5.79 Å². The van der Waals surface area contributed by atoms with Gasteiger partial charge in [0.1, 0.15) is 5.75 Å². The summed E-state index contributed by atoms with van der Waals surface area (Å²) in [6.07, 6.45) is 0.694. The summed E-state index contributed by atoms with van der Waals surface area (Å²) in [5, 5.41) is 0. The third kappa shape index (κ3) is 7.69. The quantitative estimate of drug-likeness (QED) is 0.328. The lowest BCUT2D eigenvalue weighted by molar-refractivity contribution is -0.208. The van der Waals surface area contributed by atoms with Gasteiger partial charge in [-0.2, -0.15) is 0 Å². The number of ether oxygens (including phenoxy) is 2. The van der Waals surface area contributed by atoms with Gasteiger partial charge < -0.3 is 9.47 Å². The molecule has 0 aromatic heterocycles. The molecule has 0 spiro atoms. The molecule has 0 aliphatic carbocycles. The number of benzene rings is 2. The minimum absolute atomic E-state index is 0.000513. The van der Waals surface area contributed by atoms with Gasteiger partial charge in [-0.3, -0.25) is 0 Å². The molecular formula is C37H60O2. The maximum atomic E-state index is 7.20. The van der Waals surface area contributed by atoms with E-state index >= 15 is 0 Å². The summed E-state index contributed by atoms with van der Waals surface area (Å²) in [5.74, 6) is 0.291. The average Bonchev–Trinajstić information content (AvgIpc) is 2.70. The van der Waals surface area contributed by atoms with Crippen LogP contribution >= 0.6 is 0 Å². The molecule has 1 unspecified atom stereocenters. The Morgan fingerprint density at radius 3 is 1.38 bits per heavy atom. The molecule has 2 aromatic rings. The Morgan fingerprint density at radius 1 is 0.590 bits per heavy atom. The lowest BCUT2D eigenvalue weighted by Gasteiger charge is -2.41. The fourth-order valence-electron chi connectivity index (χ4n) is 5.88. The van der Waals surface area contributed by atoms with Crippen molar-refractivity contribution >= 4 is 0 Å². The highest BCUT2D eigenvalue weighted by Crippen LogP contribution is 2.42. The zero-order valence-corrected chi connectivity index (χ0v) is 28.6. The maximum absolute atomic E-state index is 7.20. The van der Waals surface area contributed by atoms with E-state index in [9.17, 15) is 0 Å². The minimum atomic E-state index is -0.792. The molecule has 0 aliphatic heterocycles. The van der Waals surface area contributed by atoms with Crippen LogP contribution in [0.4, 0.5) is 0 Å². The van der Waals surface area contributed by atoms with Gasteiger partial charge in [-0.15, -0.1) is 0 Å². The van der Waals surface area contributed by atoms with Crippen LogP contribution in [0.2, 0.25) is 0 Å². The zero-order chi connectivity index (χ0) is 30.4. The normalized spacial score (nSPS) is 15.0. The molecule has 1 atom stereocenters. The van der Waals surface area contributed by atoms with Gasteiger partial charge in [0.2, 0.25) is 5.79 Å². The van der Waals surface area contributed by atoms with Crippen molar-refractivity contribution in [3.05, 3.63) is 63.2 Å². The summed E-state index contributed by atoms with van der Waals surface area (Å²) in [5.41, 5.74) is 9.38. The van der Waals surface area contributed by atoms with Crippen molar-refractivity contribution in [2.45, 2.75) is 152 Å². The molecule has 220 valence electrons. The second-order valence-electron chi connectivity index (χ2n) is 16.2. The molecule has 0 fully saturated rings. The maximum Gasteiger partial charge on any atom is 0.216 e. The number of hydrogen-bond acceptors (Lipinski definition) is 2. The molecule has 2 rings (SSSR count). The molecular weight excluding hydrogens is 476 g/mol. The molecule has 0 heterocycles. The fraction of sp³-hybridized carbons (Fsp3) is 0.676. The van der Waals surface area contributed by atoms with Crippen LogP contribution in [0.15, 0.2) is 24.3 Å². The molecule has 0 radical (unpaired) electrons. The van der Waals surface area contributed by atoms with Crippen LogP contribution in [0.25, 0.3) is 0 Å². The molecule has 39 heavy (non-hydrogen) atoms. The van der Waals surface area contributed by atoms with Crippen molar-refractivity contribution in [2.24, 2.45) is 5.92 Å². The molecule has 2 heteroatoms. The fourth-order valence-corrected chi connectivity index (χ4v) is 5.88. The lowest BCUT2D eigenvalue weighted by atomic mass is 9.75. The highest BCUT2D eigenvalue weighted by Gasteiger charge is 2.41. The zero-order valence-electron chi connectivity index (χ0n) is 28.6. The molecule has 0 saturated carbocycles. The van der Waals surface area contributed by atoms with Gasteiger partial charge in [0.15, 0.2) is 0 Å². The minimum Gasteiger partial charge on any atom is -0.461 e. The highest BCUT2D eigenvalue weighted by atomic mass is 16.7. The third-order valence-electron chi connectivity index (χ3n) is 8.00. The first-order chi connectivity index (χ1) is 17.4. The highest BCUT2D eigenvalue weighted by molar-refractivity contribution is 5.49. The van der Waals surface area contributed by atoms with E-state index in [1.165, 1.54) is 38.9 Å². The molecule has 0 saturated heterocycles. The predicted octanol–water partition coefficient (Wildman–Crippen LogP) is 10.5. The Morgan fingerprint density at radius 2 is 1.00 bits per heavy atom. The van der Waals surface area contributed by atoms with E-state index in [-0.39, 0.29) is 27.6 Å². The van der Waals surface area contributed by atoms with E-state index in [0.717, 1.165) is 5.75 Å². The van der Waals surface area contributed by atoms with Crippen LogP contribution in [-0.4, -0.2) is 12.4 Å². The van der Waals surface area contributed by atoms with Gasteiger partial charge in [-0.25, -0.2) is 0 Å². The van der Waals surface area contributed by atoms with Crippen molar-refractivity contribution in [3.63, 3.8) is 0 Å². The number of hydrogen-bond donors (Lipinski definition) is 0. The SMILES string of the molecule is CCOC(Cc1cc(C)c(C(C)(C)C)cc1C(C)(C)C)(Oc1cc(C)c(C(C)(C)C)cc1C(C)(C)C)C(C)C. The molecule has 0 aliphatic rings. The monoisotopic (exact) mass is 536 g/mol. The van der Waals surface area contributed by atoms with Gasteiger partial charge in [0.25, 0.3) is 0 Å². The van der Waals surface area contributed by atoms with Gasteiger partial charge in [-0.05, 0) is 87.4 Å². The van der Waals surface area contributed by atoms with Crippen molar-refractivity contribution in [1.82, 2.24) is 0 Å². The summed E-state index contributed by atoms with van der Waals surface area (Å²) in [6, 6.07) is 9.49. The summed E-state index contributed by atoms with van der Waals surface area (Å²) >= 11 is 0. The van der Waals surface area contributed by atoms with Crippen LogP contribution in [-0.2, 0) is 32.8 Å². The van der Waals surface area contributed by atoms with Gasteiger partial charge in [0, 0.05) is 18.9 Å². The Kier molecular flexibility index (Phi) is 9.62. The molecule has 2 nitrogen and oxygen atoms in total. The Hall–Kier alpha value is -1.80. The largest absolute Gasteiger partial charge is 0.461 e. The van der Waals surface area contributed by atoms with Crippen molar-refractivity contribution in [3.8, 4) is 5.75 Å².